The topological polar surface area (TPSA) is 134 Å². The molecule has 0 fully saturated rings. The van der Waals surface area contributed by atoms with E-state index in [0.29, 0.717) is 23.7 Å². The summed E-state index contributed by atoms with van der Waals surface area (Å²) in [6.45, 7) is 2.77. The van der Waals surface area contributed by atoms with Gasteiger partial charge in [0.25, 0.3) is 0 Å². The van der Waals surface area contributed by atoms with E-state index in [4.69, 9.17) is 14.6 Å². The fourth-order valence-corrected chi connectivity index (χ4v) is 4.71. The Hall–Kier alpha value is -4.38. The van der Waals surface area contributed by atoms with Crippen molar-refractivity contribution in [1.82, 2.24) is 5.32 Å². The number of rotatable bonds is 14. The molecule has 0 bridgehead atoms. The van der Waals surface area contributed by atoms with Gasteiger partial charge in [-0.1, -0.05) is 60.7 Å². The van der Waals surface area contributed by atoms with Gasteiger partial charge in [-0.15, -0.1) is 0 Å². The summed E-state index contributed by atoms with van der Waals surface area (Å²) in [6.07, 6.45) is 0.161. The van der Waals surface area contributed by atoms with E-state index in [2.05, 4.69) is 10.0 Å². The molecular weight excluding hydrogens is 556 g/mol. The van der Waals surface area contributed by atoms with Crippen LogP contribution < -0.4 is 19.5 Å². The molecule has 4 aromatic carbocycles. The van der Waals surface area contributed by atoms with Gasteiger partial charge in [-0.05, 0) is 65.6 Å². The molecule has 0 unspecified atom stereocenters. The van der Waals surface area contributed by atoms with E-state index in [1.54, 1.807) is 42.5 Å². The molecule has 4 aromatic rings. The van der Waals surface area contributed by atoms with Gasteiger partial charge in [0.2, 0.25) is 10.0 Å². The average molecular weight is 591 g/mol. The van der Waals surface area contributed by atoms with Crippen LogP contribution in [0.4, 0.5) is 5.69 Å². The maximum atomic E-state index is 12.0. The highest BCUT2D eigenvalue weighted by Crippen LogP contribution is 2.30. The number of hydrogen-bond acceptors (Lipinski definition) is 7. The fourth-order valence-electron chi connectivity index (χ4n) is 4.16. The lowest BCUT2D eigenvalue weighted by molar-refractivity contribution is 0.0697. The number of carboxylic acid groups (broad SMARTS) is 1. The summed E-state index contributed by atoms with van der Waals surface area (Å²) in [5.74, 6) is 0.0761. The lowest BCUT2D eigenvalue weighted by atomic mass is 10.0. The molecule has 10 heteroatoms. The Morgan fingerprint density at radius 1 is 0.881 bits per heavy atom. The van der Waals surface area contributed by atoms with E-state index in [9.17, 15) is 18.3 Å². The number of carboxylic acids is 1. The van der Waals surface area contributed by atoms with Crippen LogP contribution in [0.5, 0.6) is 11.5 Å². The van der Waals surface area contributed by atoms with Crippen molar-refractivity contribution in [1.29, 1.82) is 0 Å². The van der Waals surface area contributed by atoms with Gasteiger partial charge in [-0.3, -0.25) is 4.72 Å². The largest absolute Gasteiger partial charge is 0.492 e. The Kier molecular flexibility index (Phi) is 10.2. The molecule has 2 atom stereocenters. The highest BCUT2D eigenvalue weighted by Gasteiger charge is 2.16. The van der Waals surface area contributed by atoms with Crippen LogP contribution in [0, 0.1) is 0 Å². The van der Waals surface area contributed by atoms with Crippen LogP contribution in [0.15, 0.2) is 97.1 Å². The number of sulfonamides is 1. The van der Waals surface area contributed by atoms with Crippen molar-refractivity contribution >= 4 is 21.7 Å². The number of hydrogen-bond donors (Lipinski definition) is 4. The van der Waals surface area contributed by atoms with Crippen LogP contribution in [0.25, 0.3) is 11.1 Å². The smallest absolute Gasteiger partial charge is 0.335 e. The lowest BCUT2D eigenvalue weighted by Gasteiger charge is -2.20. The standard InChI is InChI=1S/C32H34N2O7S/c1-22(20-40-28-15-12-25(13-16-28)24-8-10-26(11-9-24)32(36)37)33-19-30(35)27-14-17-31(29(18-27)34-42(2,38)39)41-21-23-6-4-3-5-7-23/h3-18,22,30,33-35H,19-21H2,1-2H3,(H,36,37)/t22-,30+/m1/s1. The lowest BCUT2D eigenvalue weighted by Crippen LogP contribution is -2.34. The second kappa shape index (κ2) is 14.0. The van der Waals surface area contributed by atoms with Crippen LogP contribution in [-0.2, 0) is 16.6 Å². The molecule has 0 aliphatic rings. The first-order chi connectivity index (χ1) is 20.1. The van der Waals surface area contributed by atoms with Crippen LogP contribution in [-0.4, -0.2) is 50.0 Å². The molecule has 0 amide bonds. The van der Waals surface area contributed by atoms with Crippen molar-refractivity contribution in [3.63, 3.8) is 0 Å². The number of aromatic carboxylic acids is 1. The molecule has 0 radical (unpaired) electrons. The zero-order valence-electron chi connectivity index (χ0n) is 23.4. The molecule has 0 spiro atoms. The molecule has 0 saturated carbocycles. The quantitative estimate of drug-likeness (QED) is 0.160. The van der Waals surface area contributed by atoms with Gasteiger partial charge in [-0.2, -0.15) is 0 Å². The second-order valence-corrected chi connectivity index (χ2v) is 11.7. The molecule has 220 valence electrons. The van der Waals surface area contributed by atoms with E-state index in [1.807, 2.05) is 61.5 Å². The number of nitrogens with one attached hydrogen (secondary N) is 2. The van der Waals surface area contributed by atoms with Crippen molar-refractivity contribution < 1.29 is 32.9 Å². The van der Waals surface area contributed by atoms with Crippen LogP contribution in [0.2, 0.25) is 0 Å². The van der Waals surface area contributed by atoms with Gasteiger partial charge < -0.3 is 25.0 Å². The number of anilines is 1. The van der Waals surface area contributed by atoms with Gasteiger partial charge in [0, 0.05) is 12.6 Å². The molecule has 0 heterocycles. The first kappa shape index (κ1) is 30.6. The van der Waals surface area contributed by atoms with E-state index >= 15 is 0 Å². The summed E-state index contributed by atoms with van der Waals surface area (Å²) < 4.78 is 38.1. The van der Waals surface area contributed by atoms with E-state index in [0.717, 1.165) is 22.9 Å². The number of carbonyl (C=O) groups is 1. The van der Waals surface area contributed by atoms with Gasteiger partial charge in [-0.25, -0.2) is 13.2 Å². The minimum atomic E-state index is -3.57. The van der Waals surface area contributed by atoms with E-state index in [1.165, 1.54) is 0 Å². The third-order valence-electron chi connectivity index (χ3n) is 6.40. The maximum Gasteiger partial charge on any atom is 0.335 e. The number of aliphatic hydroxyl groups is 1. The molecule has 0 aromatic heterocycles. The molecule has 4 rings (SSSR count). The Bertz CT molecular complexity index is 1580. The molecule has 0 saturated heterocycles. The predicted molar refractivity (Wildman–Crippen MR) is 162 cm³/mol. The zero-order chi connectivity index (χ0) is 30.1. The van der Waals surface area contributed by atoms with Gasteiger partial charge in [0.15, 0.2) is 0 Å². The predicted octanol–water partition coefficient (Wildman–Crippen LogP) is 5.09. The number of benzene rings is 4. The van der Waals surface area contributed by atoms with Crippen molar-refractivity contribution in [3.8, 4) is 22.6 Å². The van der Waals surface area contributed by atoms with Crippen LogP contribution in [0.1, 0.15) is 34.5 Å². The van der Waals surface area contributed by atoms with Crippen molar-refractivity contribution in [2.75, 3.05) is 24.1 Å². The monoisotopic (exact) mass is 590 g/mol. The van der Waals surface area contributed by atoms with Gasteiger partial charge in [0.1, 0.15) is 24.7 Å². The van der Waals surface area contributed by atoms with E-state index < -0.39 is 22.1 Å². The van der Waals surface area contributed by atoms with Crippen molar-refractivity contribution in [2.45, 2.75) is 25.7 Å². The maximum absolute atomic E-state index is 12.0. The first-order valence-electron chi connectivity index (χ1n) is 13.3. The third-order valence-corrected chi connectivity index (χ3v) is 6.99. The Balaban J connectivity index is 1.30. The van der Waals surface area contributed by atoms with Gasteiger partial charge >= 0.3 is 5.97 Å². The molecular formula is C32H34N2O7S. The summed E-state index contributed by atoms with van der Waals surface area (Å²) in [7, 11) is -3.57. The highest BCUT2D eigenvalue weighted by molar-refractivity contribution is 7.92. The molecule has 0 aliphatic carbocycles. The Labute approximate surface area is 245 Å². The minimum Gasteiger partial charge on any atom is -0.492 e. The van der Waals surface area contributed by atoms with Crippen molar-refractivity contribution in [3.05, 3.63) is 114 Å². The van der Waals surface area contributed by atoms with Crippen LogP contribution >= 0.6 is 0 Å². The van der Waals surface area contributed by atoms with Crippen LogP contribution in [0.3, 0.4) is 0 Å². The van der Waals surface area contributed by atoms with Crippen molar-refractivity contribution in [2.24, 2.45) is 0 Å². The Morgan fingerprint density at radius 3 is 2.14 bits per heavy atom. The molecule has 9 nitrogen and oxygen atoms in total. The number of aliphatic hydroxyl groups excluding tert-OH is 1. The summed E-state index contributed by atoms with van der Waals surface area (Å²) >= 11 is 0. The molecule has 42 heavy (non-hydrogen) atoms. The zero-order valence-corrected chi connectivity index (χ0v) is 24.2. The third kappa shape index (κ3) is 9.07. The first-order valence-corrected chi connectivity index (χ1v) is 15.2. The number of ether oxygens (including phenoxy) is 2. The van der Waals surface area contributed by atoms with Gasteiger partial charge in [0.05, 0.1) is 23.6 Å². The average Bonchev–Trinajstić information content (AvgIpc) is 2.98. The SMILES string of the molecule is C[C@H](COc1ccc(-c2ccc(C(=O)O)cc2)cc1)NC[C@H](O)c1ccc(OCc2ccccc2)c(NS(C)(=O)=O)c1. The normalized spacial score (nSPS) is 12.7. The second-order valence-electron chi connectivity index (χ2n) is 9.95. The fraction of sp³-hybridized carbons (Fsp3) is 0.219. The molecule has 4 N–H and O–H groups in total. The molecule has 0 aliphatic heterocycles. The highest BCUT2D eigenvalue weighted by atomic mass is 32.2. The summed E-state index contributed by atoms with van der Waals surface area (Å²) in [5.41, 5.74) is 3.80. The minimum absolute atomic E-state index is 0.0926. The summed E-state index contributed by atoms with van der Waals surface area (Å²) in [6, 6.07) is 28.5. The summed E-state index contributed by atoms with van der Waals surface area (Å²) in [5, 5.41) is 23.1. The Morgan fingerprint density at radius 2 is 1.52 bits per heavy atom. The summed E-state index contributed by atoms with van der Waals surface area (Å²) in [4.78, 5) is 11.0. The van der Waals surface area contributed by atoms with E-state index in [-0.39, 0.29) is 30.4 Å².